The molecule has 2 nitrogen and oxygen atoms in total. The zero-order chi connectivity index (χ0) is 12.6. The number of aliphatic hydroxyl groups excluding tert-OH is 1. The maximum absolute atomic E-state index is 10.4. The lowest BCUT2D eigenvalue weighted by Crippen LogP contribution is -2.65. The molecule has 0 aromatic heterocycles. The van der Waals surface area contributed by atoms with Crippen molar-refractivity contribution < 1.29 is 5.11 Å². The van der Waals surface area contributed by atoms with E-state index < -0.39 is 0 Å². The van der Waals surface area contributed by atoms with Crippen molar-refractivity contribution in [3.05, 3.63) is 0 Å². The molecule has 1 aliphatic heterocycles. The van der Waals surface area contributed by atoms with Crippen LogP contribution in [0.5, 0.6) is 0 Å². The molecule has 1 rings (SSSR count). The molecule has 16 heavy (non-hydrogen) atoms. The molecule has 1 saturated heterocycles. The predicted molar refractivity (Wildman–Crippen MR) is 69.6 cm³/mol. The first-order valence-corrected chi connectivity index (χ1v) is 6.72. The lowest BCUT2D eigenvalue weighted by Gasteiger charge is -2.58. The van der Waals surface area contributed by atoms with E-state index in [-0.39, 0.29) is 17.1 Å². The predicted octanol–water partition coefficient (Wildman–Crippen LogP) is 3.05. The summed E-state index contributed by atoms with van der Waals surface area (Å²) in [7, 11) is 0. The Balaban J connectivity index is 3.02. The van der Waals surface area contributed by atoms with Crippen LogP contribution in [0.2, 0.25) is 0 Å². The van der Waals surface area contributed by atoms with Crippen LogP contribution in [0.1, 0.15) is 60.8 Å². The van der Waals surface area contributed by atoms with E-state index in [0.29, 0.717) is 6.04 Å². The summed E-state index contributed by atoms with van der Waals surface area (Å²) in [4.78, 5) is 2.55. The molecule has 0 spiro atoms. The van der Waals surface area contributed by atoms with E-state index in [2.05, 4.69) is 46.4 Å². The molecule has 0 saturated carbocycles. The van der Waals surface area contributed by atoms with Crippen molar-refractivity contribution in [3.63, 3.8) is 0 Å². The third-order valence-corrected chi connectivity index (χ3v) is 4.89. The highest BCUT2D eigenvalue weighted by atomic mass is 16.3. The third-order valence-electron chi connectivity index (χ3n) is 4.89. The van der Waals surface area contributed by atoms with Gasteiger partial charge in [-0.1, -0.05) is 20.3 Å². The van der Waals surface area contributed by atoms with Gasteiger partial charge in [0.1, 0.15) is 0 Å². The molecule has 0 aromatic rings. The molecule has 2 unspecified atom stereocenters. The fraction of sp³-hybridized carbons (Fsp3) is 1.00. The van der Waals surface area contributed by atoms with Crippen LogP contribution in [0.15, 0.2) is 0 Å². The van der Waals surface area contributed by atoms with Gasteiger partial charge < -0.3 is 5.11 Å². The van der Waals surface area contributed by atoms with Crippen molar-refractivity contribution in [3.8, 4) is 0 Å². The Hall–Kier alpha value is -0.0800. The van der Waals surface area contributed by atoms with Crippen molar-refractivity contribution in [1.29, 1.82) is 0 Å². The van der Waals surface area contributed by atoms with E-state index >= 15 is 0 Å². The number of nitrogens with zero attached hydrogens (tertiary/aromatic N) is 1. The van der Waals surface area contributed by atoms with Gasteiger partial charge in [0.2, 0.25) is 0 Å². The molecular weight excluding hydrogens is 198 g/mol. The van der Waals surface area contributed by atoms with Crippen LogP contribution in [0.4, 0.5) is 0 Å². The summed E-state index contributed by atoms with van der Waals surface area (Å²) in [5.41, 5.74) is 0.0963. The van der Waals surface area contributed by atoms with Gasteiger partial charge in [0.15, 0.2) is 0 Å². The van der Waals surface area contributed by atoms with Crippen LogP contribution in [0.3, 0.4) is 0 Å². The SMILES string of the molecule is CCCC1(C)C(O)CCN(C(C)C)C1(C)C. The summed E-state index contributed by atoms with van der Waals surface area (Å²) in [5.74, 6) is 0. The fourth-order valence-electron chi connectivity index (χ4n) is 3.49. The number of hydrogen-bond acceptors (Lipinski definition) is 2. The van der Waals surface area contributed by atoms with Crippen molar-refractivity contribution in [2.75, 3.05) is 6.54 Å². The van der Waals surface area contributed by atoms with Crippen LogP contribution in [0, 0.1) is 5.41 Å². The van der Waals surface area contributed by atoms with Gasteiger partial charge in [-0.05, 0) is 40.5 Å². The van der Waals surface area contributed by atoms with Gasteiger partial charge in [-0.2, -0.15) is 0 Å². The minimum Gasteiger partial charge on any atom is -0.392 e. The average molecular weight is 227 g/mol. The average Bonchev–Trinajstić information content (AvgIpc) is 2.14. The maximum Gasteiger partial charge on any atom is 0.0623 e. The lowest BCUT2D eigenvalue weighted by molar-refractivity contribution is -0.137. The highest BCUT2D eigenvalue weighted by molar-refractivity contribution is 5.05. The zero-order valence-corrected chi connectivity index (χ0v) is 11.9. The second kappa shape index (κ2) is 4.66. The minimum atomic E-state index is -0.155. The Kier molecular flexibility index (Phi) is 4.07. The van der Waals surface area contributed by atoms with E-state index in [1.54, 1.807) is 0 Å². The highest BCUT2D eigenvalue weighted by Crippen LogP contribution is 2.47. The molecule has 96 valence electrons. The summed E-state index contributed by atoms with van der Waals surface area (Å²) in [6.45, 7) is 14.6. The second-order valence-corrected chi connectivity index (χ2v) is 6.32. The Morgan fingerprint density at radius 1 is 1.31 bits per heavy atom. The number of likely N-dealkylation sites (tertiary alicyclic amines) is 1. The van der Waals surface area contributed by atoms with Crippen LogP contribution >= 0.6 is 0 Å². The van der Waals surface area contributed by atoms with Crippen molar-refractivity contribution in [2.45, 2.75) is 78.5 Å². The van der Waals surface area contributed by atoms with Gasteiger partial charge in [0.05, 0.1) is 6.10 Å². The van der Waals surface area contributed by atoms with E-state index in [1.165, 1.54) is 0 Å². The number of hydrogen-bond donors (Lipinski definition) is 1. The first-order chi connectivity index (χ1) is 7.27. The Bertz CT molecular complexity index is 237. The highest BCUT2D eigenvalue weighted by Gasteiger charge is 2.52. The zero-order valence-electron chi connectivity index (χ0n) is 11.9. The summed E-state index contributed by atoms with van der Waals surface area (Å²) < 4.78 is 0. The molecule has 0 radical (unpaired) electrons. The van der Waals surface area contributed by atoms with Crippen LogP contribution in [0.25, 0.3) is 0 Å². The van der Waals surface area contributed by atoms with Crippen LogP contribution in [-0.2, 0) is 0 Å². The molecule has 0 aromatic carbocycles. The Labute approximate surface area is 101 Å². The molecule has 1 aliphatic rings. The summed E-state index contributed by atoms with van der Waals surface area (Å²) in [5, 5.41) is 10.4. The van der Waals surface area contributed by atoms with E-state index in [0.717, 1.165) is 25.8 Å². The van der Waals surface area contributed by atoms with Crippen molar-refractivity contribution >= 4 is 0 Å². The number of piperidine rings is 1. The standard InChI is InChI=1S/C14H29NO/c1-7-9-14(6)12(16)8-10-15(11(2)3)13(14,4)5/h11-12,16H,7-10H2,1-6H3. The molecule has 0 aliphatic carbocycles. The van der Waals surface area contributed by atoms with Crippen LogP contribution < -0.4 is 0 Å². The van der Waals surface area contributed by atoms with Gasteiger partial charge in [0.25, 0.3) is 0 Å². The molecule has 0 amide bonds. The lowest BCUT2D eigenvalue weighted by atomic mass is 9.62. The molecule has 2 heteroatoms. The first-order valence-electron chi connectivity index (χ1n) is 6.72. The normalized spacial score (nSPS) is 35.6. The Morgan fingerprint density at radius 3 is 2.31 bits per heavy atom. The van der Waals surface area contributed by atoms with Crippen LogP contribution in [-0.4, -0.2) is 34.2 Å². The molecule has 1 heterocycles. The molecule has 1 fully saturated rings. The largest absolute Gasteiger partial charge is 0.392 e. The molecular formula is C14H29NO. The maximum atomic E-state index is 10.4. The van der Waals surface area contributed by atoms with Gasteiger partial charge in [-0.3, -0.25) is 4.90 Å². The molecule has 1 N–H and O–H groups in total. The molecule has 2 atom stereocenters. The number of aliphatic hydroxyl groups is 1. The quantitative estimate of drug-likeness (QED) is 0.801. The van der Waals surface area contributed by atoms with Gasteiger partial charge in [0, 0.05) is 23.5 Å². The first kappa shape index (κ1) is 14.0. The number of rotatable bonds is 3. The second-order valence-electron chi connectivity index (χ2n) is 6.32. The van der Waals surface area contributed by atoms with E-state index in [9.17, 15) is 5.11 Å². The fourth-order valence-corrected chi connectivity index (χ4v) is 3.49. The van der Waals surface area contributed by atoms with Crippen molar-refractivity contribution in [1.82, 2.24) is 4.90 Å². The van der Waals surface area contributed by atoms with Gasteiger partial charge >= 0.3 is 0 Å². The minimum absolute atomic E-state index is 0.0181. The Morgan fingerprint density at radius 2 is 1.88 bits per heavy atom. The monoisotopic (exact) mass is 227 g/mol. The third kappa shape index (κ3) is 2.02. The van der Waals surface area contributed by atoms with Crippen molar-refractivity contribution in [2.24, 2.45) is 5.41 Å². The summed E-state index contributed by atoms with van der Waals surface area (Å²) >= 11 is 0. The summed E-state index contributed by atoms with van der Waals surface area (Å²) in [6.07, 6.45) is 3.00. The van der Waals surface area contributed by atoms with E-state index in [4.69, 9.17) is 0 Å². The topological polar surface area (TPSA) is 23.5 Å². The summed E-state index contributed by atoms with van der Waals surface area (Å²) in [6, 6.07) is 0.554. The van der Waals surface area contributed by atoms with E-state index in [1.807, 2.05) is 0 Å². The smallest absolute Gasteiger partial charge is 0.0623 e. The van der Waals surface area contributed by atoms with Gasteiger partial charge in [-0.15, -0.1) is 0 Å². The molecule has 0 bridgehead atoms. The van der Waals surface area contributed by atoms with Gasteiger partial charge in [-0.25, -0.2) is 0 Å².